The van der Waals surface area contributed by atoms with E-state index in [0.717, 1.165) is 30.4 Å². The summed E-state index contributed by atoms with van der Waals surface area (Å²) in [6.07, 6.45) is 6.48. The highest BCUT2D eigenvalue weighted by molar-refractivity contribution is 5.66. The van der Waals surface area contributed by atoms with Crippen molar-refractivity contribution in [3.05, 3.63) is 36.5 Å². The van der Waals surface area contributed by atoms with Crippen molar-refractivity contribution in [1.82, 2.24) is 0 Å². The Morgan fingerprint density at radius 1 is 1.28 bits per heavy atom. The van der Waals surface area contributed by atoms with Crippen LogP contribution in [0.15, 0.2) is 36.5 Å². The number of hydrogen-bond acceptors (Lipinski definition) is 5. The molecule has 0 radical (unpaired) electrons. The van der Waals surface area contributed by atoms with Crippen LogP contribution in [0.5, 0.6) is 0 Å². The second kappa shape index (κ2) is 10.2. The van der Waals surface area contributed by atoms with Crippen molar-refractivity contribution >= 4 is 11.9 Å². The fraction of sp³-hybridized carbons (Fsp3) is 0.667. The summed E-state index contributed by atoms with van der Waals surface area (Å²) in [5.41, 5.74) is 0.947. The van der Waals surface area contributed by atoms with Gasteiger partial charge in [0.1, 0.15) is 12.7 Å². The van der Waals surface area contributed by atoms with Crippen LogP contribution >= 0.6 is 0 Å². The summed E-state index contributed by atoms with van der Waals surface area (Å²) < 4.78 is 10.6. The molecule has 4 atom stereocenters. The maximum absolute atomic E-state index is 11.4. The van der Waals surface area contributed by atoms with Gasteiger partial charge in [-0.3, -0.25) is 9.59 Å². The Balaban J connectivity index is 3.12. The van der Waals surface area contributed by atoms with E-state index < -0.39 is 17.7 Å². The van der Waals surface area contributed by atoms with Crippen LogP contribution in [0.2, 0.25) is 0 Å². The quantitative estimate of drug-likeness (QED) is 0.442. The highest BCUT2D eigenvalue weighted by atomic mass is 16.6. The van der Waals surface area contributed by atoms with Crippen LogP contribution in [0.1, 0.15) is 67.2 Å². The van der Waals surface area contributed by atoms with Crippen molar-refractivity contribution in [3.8, 4) is 0 Å². The summed E-state index contributed by atoms with van der Waals surface area (Å²) in [5.74, 6) is -0.256. The molecule has 0 saturated heterocycles. The Hall–Kier alpha value is -1.88. The van der Waals surface area contributed by atoms with E-state index >= 15 is 0 Å². The number of ether oxygens (including phenoxy) is 2. The first-order valence-electron chi connectivity index (χ1n) is 10.3. The molecule has 1 aliphatic carbocycles. The molecule has 1 saturated carbocycles. The molecule has 0 spiro atoms. The van der Waals surface area contributed by atoms with Crippen molar-refractivity contribution in [3.63, 3.8) is 0 Å². The van der Waals surface area contributed by atoms with Gasteiger partial charge in [-0.15, -0.1) is 6.58 Å². The van der Waals surface area contributed by atoms with Gasteiger partial charge in [-0.1, -0.05) is 31.2 Å². The molecule has 1 N–H and O–H groups in total. The zero-order chi connectivity index (χ0) is 22.4. The summed E-state index contributed by atoms with van der Waals surface area (Å²) in [6, 6.07) is 0. The Bertz CT molecular complexity index is 655. The normalized spacial score (nSPS) is 26.4. The Morgan fingerprint density at radius 3 is 2.34 bits per heavy atom. The first-order valence-corrected chi connectivity index (χ1v) is 10.3. The van der Waals surface area contributed by atoms with E-state index in [4.69, 9.17) is 9.47 Å². The van der Waals surface area contributed by atoms with Gasteiger partial charge < -0.3 is 14.6 Å². The topological polar surface area (TPSA) is 72.8 Å². The third-order valence-electron chi connectivity index (χ3n) is 6.07. The minimum absolute atomic E-state index is 0.00222. The number of hydrogen-bond donors (Lipinski definition) is 1. The van der Waals surface area contributed by atoms with Gasteiger partial charge in [0, 0.05) is 20.3 Å². The molecule has 0 aromatic rings. The first-order chi connectivity index (χ1) is 13.3. The molecule has 5 nitrogen and oxygen atoms in total. The zero-order valence-corrected chi connectivity index (χ0v) is 18.9. The van der Waals surface area contributed by atoms with Crippen LogP contribution in [0.3, 0.4) is 0 Å². The second-order valence-electron chi connectivity index (χ2n) is 9.13. The van der Waals surface area contributed by atoms with Crippen LogP contribution in [0.4, 0.5) is 0 Å². The van der Waals surface area contributed by atoms with E-state index in [1.807, 2.05) is 12.2 Å². The van der Waals surface area contributed by atoms with Gasteiger partial charge >= 0.3 is 11.9 Å². The Morgan fingerprint density at radius 2 is 1.90 bits per heavy atom. The largest absolute Gasteiger partial charge is 0.461 e. The van der Waals surface area contributed by atoms with E-state index in [9.17, 15) is 14.7 Å². The predicted octanol–water partition coefficient (Wildman–Crippen LogP) is 4.75. The molecule has 0 aliphatic heterocycles. The molecular formula is C24H38O5. The number of carbonyl (C=O) groups excluding carboxylic acids is 2. The number of rotatable bonds is 9. The lowest BCUT2D eigenvalue weighted by molar-refractivity contribution is -0.158. The fourth-order valence-corrected chi connectivity index (χ4v) is 4.14. The van der Waals surface area contributed by atoms with E-state index in [-0.39, 0.29) is 29.8 Å². The smallest absolute Gasteiger partial charge is 0.303 e. The molecule has 29 heavy (non-hydrogen) atoms. The van der Waals surface area contributed by atoms with E-state index in [1.165, 1.54) is 13.8 Å². The molecule has 0 aromatic carbocycles. The van der Waals surface area contributed by atoms with Crippen molar-refractivity contribution in [2.24, 2.45) is 17.3 Å². The Labute approximate surface area is 175 Å². The molecule has 1 aliphatic rings. The van der Waals surface area contributed by atoms with Gasteiger partial charge in [-0.05, 0) is 62.9 Å². The van der Waals surface area contributed by atoms with Crippen LogP contribution in [0.25, 0.3) is 0 Å². The fourth-order valence-electron chi connectivity index (χ4n) is 4.14. The van der Waals surface area contributed by atoms with Crippen LogP contribution in [-0.2, 0) is 19.1 Å². The minimum atomic E-state index is -1.18. The number of carbonyl (C=O) groups is 2. The molecule has 0 aromatic heterocycles. The highest BCUT2D eigenvalue weighted by Gasteiger charge is 2.39. The van der Waals surface area contributed by atoms with Gasteiger partial charge in [0.25, 0.3) is 0 Å². The summed E-state index contributed by atoms with van der Waals surface area (Å²) in [4.78, 5) is 22.9. The van der Waals surface area contributed by atoms with Crippen molar-refractivity contribution in [2.75, 3.05) is 6.61 Å². The maximum Gasteiger partial charge on any atom is 0.303 e. The predicted molar refractivity (Wildman–Crippen MR) is 115 cm³/mol. The van der Waals surface area contributed by atoms with E-state index in [2.05, 4.69) is 27.0 Å². The second-order valence-corrected chi connectivity index (χ2v) is 9.13. The number of aliphatic hydroxyl groups is 1. The van der Waals surface area contributed by atoms with Crippen molar-refractivity contribution < 1.29 is 24.2 Å². The maximum atomic E-state index is 11.4. The molecule has 2 unspecified atom stereocenters. The standard InChI is InChI=1S/C24H38O5/c1-9-24(8)13-12-19(14-21(24)16(2)3)20(15-28-17(4)25)10-11-22(23(6,7)27)29-18(5)26/h9-10,19,21-22,27H,1-2,11-15H2,3-8H3/b20-10+/t19?,21?,22-,24+/m1/s1. The molecule has 0 bridgehead atoms. The molecule has 1 fully saturated rings. The zero-order valence-electron chi connectivity index (χ0n) is 18.9. The third kappa shape index (κ3) is 7.46. The molecule has 0 amide bonds. The average Bonchev–Trinajstić information content (AvgIpc) is 2.59. The molecule has 1 rings (SSSR count). The first kappa shape index (κ1) is 25.2. The Kier molecular flexibility index (Phi) is 8.88. The SMILES string of the molecule is C=C[C@@]1(C)CCC(/C(=C/C[C@@H](OC(C)=O)C(C)(C)O)COC(C)=O)CC1C(=C)C. The van der Waals surface area contributed by atoms with E-state index in [1.54, 1.807) is 13.8 Å². The van der Waals surface area contributed by atoms with Crippen molar-refractivity contribution in [2.45, 2.75) is 78.9 Å². The highest BCUT2D eigenvalue weighted by Crippen LogP contribution is 2.49. The number of allylic oxidation sites excluding steroid dienone is 2. The molecule has 5 heteroatoms. The summed E-state index contributed by atoms with van der Waals surface area (Å²) >= 11 is 0. The number of esters is 2. The van der Waals surface area contributed by atoms with Crippen LogP contribution in [0, 0.1) is 17.3 Å². The van der Waals surface area contributed by atoms with Crippen LogP contribution < -0.4 is 0 Å². The molecular weight excluding hydrogens is 368 g/mol. The lowest BCUT2D eigenvalue weighted by Crippen LogP contribution is -2.39. The van der Waals surface area contributed by atoms with Gasteiger partial charge in [0.05, 0.1) is 5.60 Å². The minimum Gasteiger partial charge on any atom is -0.461 e. The average molecular weight is 407 g/mol. The van der Waals surface area contributed by atoms with Gasteiger partial charge in [-0.2, -0.15) is 0 Å². The van der Waals surface area contributed by atoms with Gasteiger partial charge in [0.2, 0.25) is 0 Å². The molecule has 164 valence electrons. The van der Waals surface area contributed by atoms with Crippen LogP contribution in [-0.4, -0.2) is 35.4 Å². The summed E-state index contributed by atoms with van der Waals surface area (Å²) in [7, 11) is 0. The lowest BCUT2D eigenvalue weighted by Gasteiger charge is -2.44. The van der Waals surface area contributed by atoms with E-state index in [0.29, 0.717) is 6.42 Å². The summed E-state index contributed by atoms with van der Waals surface area (Å²) in [6.45, 7) is 18.6. The van der Waals surface area contributed by atoms with Gasteiger partial charge in [0.15, 0.2) is 0 Å². The third-order valence-corrected chi connectivity index (χ3v) is 6.07. The lowest BCUT2D eigenvalue weighted by atomic mass is 9.61. The molecule has 0 heterocycles. The van der Waals surface area contributed by atoms with Crippen molar-refractivity contribution in [1.29, 1.82) is 0 Å². The van der Waals surface area contributed by atoms with Gasteiger partial charge in [-0.25, -0.2) is 0 Å². The summed E-state index contributed by atoms with van der Waals surface area (Å²) in [5, 5.41) is 10.4. The monoisotopic (exact) mass is 406 g/mol.